The van der Waals surface area contributed by atoms with E-state index in [0.717, 1.165) is 66.4 Å². The van der Waals surface area contributed by atoms with Crippen LogP contribution in [0.2, 0.25) is 0 Å². The van der Waals surface area contributed by atoms with Gasteiger partial charge in [-0.25, -0.2) is 4.39 Å². The zero-order valence-electron chi connectivity index (χ0n) is 20.1. The number of benzene rings is 3. The number of aromatic nitrogens is 1. The van der Waals surface area contributed by atoms with E-state index in [1.807, 2.05) is 30.3 Å². The minimum atomic E-state index is -0.631. The highest BCUT2D eigenvalue weighted by molar-refractivity contribution is 9.10. The number of nitriles is 1. The Morgan fingerprint density at radius 3 is 2.72 bits per heavy atom. The normalized spacial score (nSPS) is 16.8. The SMILES string of the molecule is N#Cc1ccc2c(c1)COC2(CCNCCCCCc1c[nH]c2ccc(Br)cc12)c1ccc(F)cc1. The highest BCUT2D eigenvalue weighted by Gasteiger charge is 2.41. The summed E-state index contributed by atoms with van der Waals surface area (Å²) < 4.78 is 21.1. The molecule has 0 aliphatic carbocycles. The topological polar surface area (TPSA) is 60.8 Å². The van der Waals surface area contributed by atoms with Crippen molar-refractivity contribution < 1.29 is 9.13 Å². The molecule has 36 heavy (non-hydrogen) atoms. The molecule has 0 radical (unpaired) electrons. The number of nitrogens with zero attached hydrogens (tertiary/aromatic N) is 1. The average molecular weight is 546 g/mol. The second kappa shape index (κ2) is 11.0. The van der Waals surface area contributed by atoms with E-state index in [0.29, 0.717) is 12.2 Å². The van der Waals surface area contributed by atoms with Gasteiger partial charge in [0.15, 0.2) is 0 Å². The molecule has 184 valence electrons. The first kappa shape index (κ1) is 24.7. The van der Waals surface area contributed by atoms with Crippen LogP contribution in [-0.2, 0) is 23.4 Å². The van der Waals surface area contributed by atoms with Crippen LogP contribution in [0.5, 0.6) is 0 Å². The van der Waals surface area contributed by atoms with Crippen molar-refractivity contribution >= 4 is 26.8 Å². The maximum absolute atomic E-state index is 13.6. The van der Waals surface area contributed by atoms with E-state index in [-0.39, 0.29) is 5.82 Å². The van der Waals surface area contributed by atoms with Crippen LogP contribution in [0.15, 0.2) is 71.3 Å². The molecule has 0 amide bonds. The molecule has 0 fully saturated rings. The first-order chi connectivity index (χ1) is 17.6. The minimum Gasteiger partial charge on any atom is -0.361 e. The maximum atomic E-state index is 13.6. The number of aromatic amines is 1. The second-order valence-corrected chi connectivity index (χ2v) is 10.3. The van der Waals surface area contributed by atoms with Crippen molar-refractivity contribution in [2.24, 2.45) is 0 Å². The highest BCUT2D eigenvalue weighted by atomic mass is 79.9. The zero-order valence-corrected chi connectivity index (χ0v) is 21.7. The van der Waals surface area contributed by atoms with Gasteiger partial charge in [-0.05, 0) is 103 Å². The van der Waals surface area contributed by atoms with Crippen LogP contribution in [-0.4, -0.2) is 18.1 Å². The van der Waals surface area contributed by atoms with E-state index in [9.17, 15) is 9.65 Å². The summed E-state index contributed by atoms with van der Waals surface area (Å²) in [5.74, 6) is -0.259. The first-order valence-electron chi connectivity index (χ1n) is 12.5. The summed E-state index contributed by atoms with van der Waals surface area (Å²) in [6, 6.07) is 20.9. The Morgan fingerprint density at radius 1 is 1.03 bits per heavy atom. The van der Waals surface area contributed by atoms with E-state index < -0.39 is 5.60 Å². The van der Waals surface area contributed by atoms with Gasteiger partial charge in [0.05, 0.1) is 18.2 Å². The van der Waals surface area contributed by atoms with Crippen LogP contribution >= 0.6 is 15.9 Å². The van der Waals surface area contributed by atoms with Crippen LogP contribution in [0.4, 0.5) is 4.39 Å². The lowest BCUT2D eigenvalue weighted by molar-refractivity contribution is -0.0112. The fourth-order valence-electron chi connectivity index (χ4n) is 5.25. The number of unbranched alkanes of at least 4 members (excludes halogenated alkanes) is 2. The Kier molecular flexibility index (Phi) is 7.52. The lowest BCUT2D eigenvalue weighted by Gasteiger charge is -2.31. The number of halogens is 2. The fourth-order valence-corrected chi connectivity index (χ4v) is 5.61. The lowest BCUT2D eigenvalue weighted by atomic mass is 9.82. The van der Waals surface area contributed by atoms with Gasteiger partial charge in [0.1, 0.15) is 11.4 Å². The van der Waals surface area contributed by atoms with Gasteiger partial charge in [-0.2, -0.15) is 5.26 Å². The maximum Gasteiger partial charge on any atom is 0.123 e. The molecule has 5 rings (SSSR count). The number of aryl methyl sites for hydroxylation is 1. The van der Waals surface area contributed by atoms with Crippen molar-refractivity contribution in [3.8, 4) is 6.07 Å². The quantitative estimate of drug-likeness (QED) is 0.209. The van der Waals surface area contributed by atoms with Gasteiger partial charge in [0.2, 0.25) is 0 Å². The number of nitrogens with one attached hydrogen (secondary N) is 2. The van der Waals surface area contributed by atoms with E-state index >= 15 is 0 Å². The van der Waals surface area contributed by atoms with Gasteiger partial charge < -0.3 is 15.0 Å². The summed E-state index contributed by atoms with van der Waals surface area (Å²) in [4.78, 5) is 3.36. The molecule has 4 aromatic rings. The van der Waals surface area contributed by atoms with Gasteiger partial charge in [0, 0.05) is 21.6 Å². The molecule has 0 saturated carbocycles. The Balaban J connectivity index is 1.15. The van der Waals surface area contributed by atoms with Crippen LogP contribution in [0.3, 0.4) is 0 Å². The third-order valence-electron chi connectivity index (χ3n) is 7.14. The number of ether oxygens (including phenoxy) is 1. The monoisotopic (exact) mass is 545 g/mol. The molecular weight excluding hydrogens is 517 g/mol. The van der Waals surface area contributed by atoms with Crippen LogP contribution in [0, 0.1) is 17.1 Å². The van der Waals surface area contributed by atoms with Crippen LogP contribution < -0.4 is 5.32 Å². The zero-order chi connectivity index (χ0) is 25.0. The molecule has 4 nitrogen and oxygen atoms in total. The summed E-state index contributed by atoms with van der Waals surface area (Å²) in [6.07, 6.45) is 7.36. The number of H-pyrrole nitrogens is 1. The van der Waals surface area contributed by atoms with Gasteiger partial charge in [0.25, 0.3) is 0 Å². The first-order valence-corrected chi connectivity index (χ1v) is 13.3. The molecule has 1 aromatic heterocycles. The molecule has 1 aliphatic heterocycles. The van der Waals surface area contributed by atoms with E-state index in [1.165, 1.54) is 28.6 Å². The molecular formula is C30H29BrFN3O. The molecule has 2 heterocycles. The number of rotatable bonds is 10. The molecule has 1 atom stereocenters. The van der Waals surface area contributed by atoms with Crippen molar-refractivity contribution in [3.05, 3.63) is 105 Å². The molecule has 0 saturated heterocycles. The third kappa shape index (κ3) is 5.10. The number of hydrogen-bond donors (Lipinski definition) is 2. The highest BCUT2D eigenvalue weighted by Crippen LogP contribution is 2.44. The van der Waals surface area contributed by atoms with Crippen molar-refractivity contribution in [1.29, 1.82) is 5.26 Å². The van der Waals surface area contributed by atoms with Crippen LogP contribution in [0.25, 0.3) is 10.9 Å². The molecule has 1 aliphatic rings. The fraction of sp³-hybridized carbons (Fsp3) is 0.300. The Bertz CT molecular complexity index is 1390. The minimum absolute atomic E-state index is 0.259. The smallest absolute Gasteiger partial charge is 0.123 e. The summed E-state index contributed by atoms with van der Waals surface area (Å²) in [7, 11) is 0. The predicted octanol–water partition coefficient (Wildman–Crippen LogP) is 7.11. The summed E-state index contributed by atoms with van der Waals surface area (Å²) >= 11 is 3.57. The Labute approximate surface area is 219 Å². The molecule has 6 heteroatoms. The second-order valence-electron chi connectivity index (χ2n) is 9.42. The lowest BCUT2D eigenvalue weighted by Crippen LogP contribution is -2.32. The van der Waals surface area contributed by atoms with Crippen molar-refractivity contribution in [2.75, 3.05) is 13.1 Å². The van der Waals surface area contributed by atoms with Crippen molar-refractivity contribution in [2.45, 2.75) is 44.3 Å². The van der Waals surface area contributed by atoms with Gasteiger partial charge in [-0.1, -0.05) is 40.5 Å². The van der Waals surface area contributed by atoms with Crippen molar-refractivity contribution in [1.82, 2.24) is 10.3 Å². The molecule has 0 spiro atoms. The van der Waals surface area contributed by atoms with E-state index in [2.05, 4.69) is 56.7 Å². The number of fused-ring (bicyclic) bond motifs is 2. The summed E-state index contributed by atoms with van der Waals surface area (Å²) in [5, 5.41) is 14.2. The average Bonchev–Trinajstić information content (AvgIpc) is 3.47. The summed E-state index contributed by atoms with van der Waals surface area (Å²) in [5.41, 5.74) is 5.60. The Hall–Kier alpha value is -2.98. The van der Waals surface area contributed by atoms with Gasteiger partial charge in [-0.3, -0.25) is 0 Å². The molecule has 1 unspecified atom stereocenters. The predicted molar refractivity (Wildman–Crippen MR) is 144 cm³/mol. The standard InChI is InChI=1S/C30H29BrFN3O/c31-25-8-12-29-27(17-25)22(19-35-29)4-2-1-3-14-34-15-13-30(24-6-9-26(32)10-7-24)28-11-5-21(18-33)16-23(28)20-36-30/h5-12,16-17,19,34-35H,1-4,13-15,20H2. The summed E-state index contributed by atoms with van der Waals surface area (Å²) in [6.45, 7) is 2.18. The van der Waals surface area contributed by atoms with E-state index in [1.54, 1.807) is 0 Å². The largest absolute Gasteiger partial charge is 0.361 e. The molecule has 0 bridgehead atoms. The van der Waals surface area contributed by atoms with E-state index in [4.69, 9.17) is 4.74 Å². The number of hydrogen-bond acceptors (Lipinski definition) is 3. The molecule has 2 N–H and O–H groups in total. The van der Waals surface area contributed by atoms with Crippen LogP contribution in [0.1, 0.15) is 53.5 Å². The molecule has 3 aromatic carbocycles. The van der Waals surface area contributed by atoms with Gasteiger partial charge in [-0.15, -0.1) is 0 Å². The van der Waals surface area contributed by atoms with Crippen molar-refractivity contribution in [3.63, 3.8) is 0 Å². The van der Waals surface area contributed by atoms with Gasteiger partial charge >= 0.3 is 0 Å². The Morgan fingerprint density at radius 2 is 1.89 bits per heavy atom. The third-order valence-corrected chi connectivity index (χ3v) is 7.63.